The Labute approximate surface area is 198 Å². The predicted molar refractivity (Wildman–Crippen MR) is 116 cm³/mol. The van der Waals surface area contributed by atoms with Crippen LogP contribution in [0.1, 0.15) is 24.0 Å². The predicted octanol–water partition coefficient (Wildman–Crippen LogP) is 6.17. The average molecular weight is 539 g/mol. The zero-order valence-corrected chi connectivity index (χ0v) is 18.7. The Morgan fingerprint density at radius 2 is 1.97 bits per heavy atom. The third-order valence-electron chi connectivity index (χ3n) is 5.84. The number of amides is 1. The van der Waals surface area contributed by atoms with Crippen LogP contribution >= 0.6 is 15.9 Å². The highest BCUT2D eigenvalue weighted by molar-refractivity contribution is 9.10. The number of anilines is 2. The maximum absolute atomic E-state index is 14.6. The van der Waals surface area contributed by atoms with Crippen LogP contribution in [-0.2, 0) is 12.1 Å². The summed E-state index contributed by atoms with van der Waals surface area (Å²) in [4.78, 5) is 21.0. The number of nitrogens with zero attached hydrogens (tertiary/aromatic N) is 3. The van der Waals surface area contributed by atoms with E-state index in [0.717, 1.165) is 36.2 Å². The molecule has 176 valence electrons. The molecule has 5 rings (SSSR count). The van der Waals surface area contributed by atoms with Crippen molar-refractivity contribution in [2.75, 3.05) is 5.32 Å². The minimum absolute atomic E-state index is 0.0767. The molecule has 3 aromatic rings. The quantitative estimate of drug-likeness (QED) is 0.386. The van der Waals surface area contributed by atoms with Gasteiger partial charge < -0.3 is 15.2 Å². The minimum Gasteiger partial charge on any atom is -0.465 e. The normalized spacial score (nSPS) is 15.9. The van der Waals surface area contributed by atoms with Gasteiger partial charge in [-0.2, -0.15) is 0 Å². The molecular weight excluding hydrogens is 524 g/mol. The molecule has 0 radical (unpaired) electrons. The van der Waals surface area contributed by atoms with Crippen LogP contribution in [0.2, 0.25) is 0 Å². The van der Waals surface area contributed by atoms with Crippen LogP contribution in [0.4, 0.5) is 34.0 Å². The summed E-state index contributed by atoms with van der Waals surface area (Å²) in [6.07, 6.45) is -3.55. The molecule has 1 aliphatic carbocycles. The van der Waals surface area contributed by atoms with Gasteiger partial charge in [-0.1, -0.05) is 28.1 Å². The van der Waals surface area contributed by atoms with Gasteiger partial charge in [0.15, 0.2) is 11.6 Å². The Balaban J connectivity index is 1.48. The number of halogens is 5. The van der Waals surface area contributed by atoms with Crippen LogP contribution in [0, 0.1) is 5.82 Å². The molecule has 0 bridgehead atoms. The highest BCUT2D eigenvalue weighted by Gasteiger charge is 2.56. The van der Waals surface area contributed by atoms with E-state index in [9.17, 15) is 27.5 Å². The van der Waals surface area contributed by atoms with Gasteiger partial charge in [-0.25, -0.2) is 19.2 Å². The van der Waals surface area contributed by atoms with E-state index in [1.54, 1.807) is 18.2 Å². The number of hydrogen-bond acceptors (Lipinski definition) is 5. The molecule has 2 aliphatic rings. The van der Waals surface area contributed by atoms with Gasteiger partial charge in [-0.15, -0.1) is 13.2 Å². The second kappa shape index (κ2) is 7.83. The smallest absolute Gasteiger partial charge is 0.465 e. The molecule has 1 spiro atoms. The topological polar surface area (TPSA) is 87.6 Å². The molecule has 34 heavy (non-hydrogen) atoms. The number of fused-ring (bicyclic) bond motifs is 2. The van der Waals surface area contributed by atoms with E-state index in [1.807, 2.05) is 0 Å². The highest BCUT2D eigenvalue weighted by Crippen LogP contribution is 2.57. The van der Waals surface area contributed by atoms with E-state index in [4.69, 9.17) is 0 Å². The molecule has 1 aromatic heterocycles. The molecule has 0 atom stereocenters. The zero-order chi connectivity index (χ0) is 24.3. The van der Waals surface area contributed by atoms with E-state index in [2.05, 4.69) is 36.0 Å². The van der Waals surface area contributed by atoms with Crippen molar-refractivity contribution in [1.82, 2.24) is 14.9 Å². The Hall–Kier alpha value is -3.41. The first-order valence-electron chi connectivity index (χ1n) is 10.0. The maximum Gasteiger partial charge on any atom is 0.573 e. The first-order valence-corrected chi connectivity index (χ1v) is 10.8. The fourth-order valence-corrected chi connectivity index (χ4v) is 4.63. The Morgan fingerprint density at radius 1 is 1.21 bits per heavy atom. The summed E-state index contributed by atoms with van der Waals surface area (Å²) in [6, 6.07) is 8.95. The second-order valence-corrected chi connectivity index (χ2v) is 8.89. The third kappa shape index (κ3) is 4.02. The monoisotopic (exact) mass is 538 g/mol. The largest absolute Gasteiger partial charge is 0.573 e. The first-order chi connectivity index (χ1) is 16.1. The molecule has 0 unspecified atom stereocenters. The summed E-state index contributed by atoms with van der Waals surface area (Å²) in [5.41, 5.74) is 1.39. The van der Waals surface area contributed by atoms with Gasteiger partial charge in [0.2, 0.25) is 5.95 Å². The summed E-state index contributed by atoms with van der Waals surface area (Å²) < 4.78 is 57.4. The molecule has 7 nitrogen and oxygen atoms in total. The second-order valence-electron chi connectivity index (χ2n) is 7.98. The lowest BCUT2D eigenvalue weighted by atomic mass is 9.99. The third-order valence-corrected chi connectivity index (χ3v) is 6.33. The van der Waals surface area contributed by atoms with Crippen LogP contribution in [0.3, 0.4) is 0 Å². The van der Waals surface area contributed by atoms with Crippen molar-refractivity contribution in [3.05, 3.63) is 64.0 Å². The molecule has 1 saturated carbocycles. The molecule has 2 N–H and O–H groups in total. The van der Waals surface area contributed by atoms with E-state index < -0.39 is 29.6 Å². The summed E-state index contributed by atoms with van der Waals surface area (Å²) in [5, 5.41) is 12.2. The number of carbonyl (C=O) groups is 1. The fourth-order valence-electron chi connectivity index (χ4n) is 4.27. The Bertz CT molecular complexity index is 1310. The number of benzene rings is 2. The molecule has 2 aromatic carbocycles. The van der Waals surface area contributed by atoms with Crippen LogP contribution in [0.5, 0.6) is 5.75 Å². The average Bonchev–Trinajstić information content (AvgIpc) is 3.48. The Morgan fingerprint density at radius 3 is 2.65 bits per heavy atom. The summed E-state index contributed by atoms with van der Waals surface area (Å²) in [6.45, 7) is 0.187. The van der Waals surface area contributed by atoms with Crippen molar-refractivity contribution in [1.29, 1.82) is 0 Å². The van der Waals surface area contributed by atoms with Crippen molar-refractivity contribution in [2.45, 2.75) is 31.3 Å². The molecule has 1 amide bonds. The molecule has 12 heteroatoms. The van der Waals surface area contributed by atoms with Gasteiger partial charge in [-0.3, -0.25) is 4.90 Å². The number of carboxylic acid groups (broad SMARTS) is 1. The van der Waals surface area contributed by atoms with E-state index >= 15 is 0 Å². The summed E-state index contributed by atoms with van der Waals surface area (Å²) >= 11 is 3.19. The van der Waals surface area contributed by atoms with Gasteiger partial charge in [0, 0.05) is 10.0 Å². The molecule has 0 saturated heterocycles. The lowest BCUT2D eigenvalue weighted by Gasteiger charge is -2.21. The van der Waals surface area contributed by atoms with Crippen molar-refractivity contribution in [2.24, 2.45) is 0 Å². The lowest BCUT2D eigenvalue weighted by Crippen LogP contribution is -2.33. The number of aromatic nitrogens is 2. The van der Waals surface area contributed by atoms with E-state index in [0.29, 0.717) is 10.0 Å². The van der Waals surface area contributed by atoms with Crippen LogP contribution in [0.25, 0.3) is 11.3 Å². The number of alkyl halides is 3. The zero-order valence-electron chi connectivity index (χ0n) is 17.2. The van der Waals surface area contributed by atoms with E-state index in [-0.39, 0.29) is 23.9 Å². The molecule has 1 aliphatic heterocycles. The minimum atomic E-state index is -4.91. The van der Waals surface area contributed by atoms with Crippen molar-refractivity contribution < 1.29 is 32.2 Å². The molecule has 1 fully saturated rings. The van der Waals surface area contributed by atoms with Gasteiger partial charge in [0.05, 0.1) is 24.0 Å². The van der Waals surface area contributed by atoms with Gasteiger partial charge in [0.1, 0.15) is 5.69 Å². The van der Waals surface area contributed by atoms with Crippen LogP contribution in [0.15, 0.2) is 47.1 Å². The maximum atomic E-state index is 14.6. The van der Waals surface area contributed by atoms with Crippen molar-refractivity contribution in [3.63, 3.8) is 0 Å². The van der Waals surface area contributed by atoms with Crippen molar-refractivity contribution >= 4 is 33.7 Å². The van der Waals surface area contributed by atoms with Gasteiger partial charge in [-0.05, 0) is 48.2 Å². The molecular formula is C22H15BrF4N4O3. The number of hydrogen-bond donors (Lipinski definition) is 2. The first kappa shape index (κ1) is 22.4. The van der Waals surface area contributed by atoms with Gasteiger partial charge >= 0.3 is 12.5 Å². The van der Waals surface area contributed by atoms with Crippen LogP contribution in [-0.4, -0.2) is 32.4 Å². The number of nitrogens with one attached hydrogen (secondary N) is 1. The number of rotatable bonds is 4. The van der Waals surface area contributed by atoms with E-state index in [1.165, 1.54) is 17.0 Å². The fraction of sp³-hybridized carbons (Fsp3) is 0.227. The standard InChI is InChI=1S/C22H15BrF4N4O3/c23-13-2-4-17(34-22(25,26)27)16(8-13)29-19-28-9-15(24)18(30-19)11-1-3-14-12(7-11)10-31(20(32)33)21(14)5-6-21/h1-4,7-9H,5-6,10H2,(H,32,33)(H,28,29,30). The summed E-state index contributed by atoms with van der Waals surface area (Å²) in [7, 11) is 0. The number of ether oxygens (including phenoxy) is 1. The lowest BCUT2D eigenvalue weighted by molar-refractivity contribution is -0.274. The SMILES string of the molecule is O=C(O)N1Cc2cc(-c3nc(Nc4cc(Br)ccc4OC(F)(F)F)ncc3F)ccc2C12CC2. The van der Waals surface area contributed by atoms with Crippen molar-refractivity contribution in [3.8, 4) is 17.0 Å². The molecule has 2 heterocycles. The van der Waals surface area contributed by atoms with Crippen LogP contribution < -0.4 is 10.1 Å². The Kier molecular flexibility index (Phi) is 5.15. The highest BCUT2D eigenvalue weighted by atomic mass is 79.9. The van der Waals surface area contributed by atoms with Gasteiger partial charge in [0.25, 0.3) is 0 Å². The summed E-state index contributed by atoms with van der Waals surface area (Å²) in [5.74, 6) is -1.39.